The summed E-state index contributed by atoms with van der Waals surface area (Å²) in [5.74, 6) is 0.731. The molecule has 1 aliphatic heterocycles. The normalized spacial score (nSPS) is 15.3. The first kappa shape index (κ1) is 17.9. The van der Waals surface area contributed by atoms with E-state index in [2.05, 4.69) is 10.3 Å². The van der Waals surface area contributed by atoms with E-state index < -0.39 is 4.92 Å². The summed E-state index contributed by atoms with van der Waals surface area (Å²) in [7, 11) is 0. The van der Waals surface area contributed by atoms with Crippen LogP contribution in [0.25, 0.3) is 10.9 Å². The van der Waals surface area contributed by atoms with E-state index in [9.17, 15) is 14.9 Å². The van der Waals surface area contributed by atoms with E-state index in [4.69, 9.17) is 4.74 Å². The third kappa shape index (κ3) is 4.19. The van der Waals surface area contributed by atoms with E-state index in [1.165, 1.54) is 12.1 Å². The number of nitrogens with one attached hydrogen (secondary N) is 1. The zero-order valence-corrected chi connectivity index (χ0v) is 14.8. The average Bonchev–Trinajstić information content (AvgIpc) is 2.61. The summed E-state index contributed by atoms with van der Waals surface area (Å²) in [6.45, 7) is 4.96. The molecular formula is C18H22N4O4. The largest absolute Gasteiger partial charge is 0.447 e. The van der Waals surface area contributed by atoms with E-state index in [1.54, 1.807) is 11.0 Å². The van der Waals surface area contributed by atoms with Crippen molar-refractivity contribution in [3.05, 3.63) is 40.4 Å². The van der Waals surface area contributed by atoms with Crippen molar-refractivity contribution in [3.63, 3.8) is 0 Å². The van der Waals surface area contributed by atoms with Crippen molar-refractivity contribution >= 4 is 28.5 Å². The van der Waals surface area contributed by atoms with Crippen LogP contribution in [-0.2, 0) is 4.74 Å². The molecule has 0 saturated carbocycles. The van der Waals surface area contributed by atoms with Crippen LogP contribution in [0.15, 0.2) is 30.3 Å². The van der Waals surface area contributed by atoms with Crippen molar-refractivity contribution in [2.24, 2.45) is 0 Å². The Hall–Kier alpha value is -2.90. The minimum atomic E-state index is -0.413. The van der Waals surface area contributed by atoms with Crippen LogP contribution in [0, 0.1) is 10.1 Å². The van der Waals surface area contributed by atoms with E-state index in [1.807, 2.05) is 26.0 Å². The maximum Gasteiger partial charge on any atom is 0.410 e. The number of likely N-dealkylation sites (tertiary alicyclic amines) is 1. The first-order valence-corrected chi connectivity index (χ1v) is 8.69. The number of aromatic nitrogens is 1. The number of benzene rings is 1. The van der Waals surface area contributed by atoms with Crippen molar-refractivity contribution in [1.29, 1.82) is 0 Å². The lowest BCUT2D eigenvalue weighted by Crippen LogP contribution is -2.43. The Morgan fingerprint density at radius 3 is 2.69 bits per heavy atom. The second kappa shape index (κ2) is 7.55. The topological polar surface area (TPSA) is 97.6 Å². The lowest BCUT2D eigenvalue weighted by atomic mass is 10.1. The molecule has 138 valence electrons. The number of amides is 1. The van der Waals surface area contributed by atoms with Crippen LogP contribution < -0.4 is 5.32 Å². The van der Waals surface area contributed by atoms with Crippen molar-refractivity contribution < 1.29 is 14.5 Å². The fourth-order valence-electron chi connectivity index (χ4n) is 3.00. The molecule has 3 rings (SSSR count). The highest BCUT2D eigenvalue weighted by Gasteiger charge is 2.24. The minimum absolute atomic E-state index is 0.0562. The van der Waals surface area contributed by atoms with Gasteiger partial charge in [0.05, 0.1) is 16.5 Å². The predicted octanol–water partition coefficient (Wildman–Crippen LogP) is 3.56. The quantitative estimate of drug-likeness (QED) is 0.663. The second-order valence-electron chi connectivity index (χ2n) is 6.67. The van der Waals surface area contributed by atoms with Crippen LogP contribution >= 0.6 is 0 Å². The van der Waals surface area contributed by atoms with Gasteiger partial charge in [-0.1, -0.05) is 0 Å². The van der Waals surface area contributed by atoms with Gasteiger partial charge in [0.1, 0.15) is 5.82 Å². The number of carbonyl (C=O) groups excluding carboxylic acids is 1. The number of nitro benzene ring substituents is 1. The van der Waals surface area contributed by atoms with E-state index >= 15 is 0 Å². The maximum atomic E-state index is 11.9. The highest BCUT2D eigenvalue weighted by molar-refractivity contribution is 5.82. The lowest BCUT2D eigenvalue weighted by Gasteiger charge is -2.32. The molecule has 8 nitrogen and oxygen atoms in total. The molecule has 1 aromatic carbocycles. The van der Waals surface area contributed by atoms with E-state index in [0.717, 1.165) is 24.0 Å². The molecule has 0 radical (unpaired) electrons. The molecule has 0 spiro atoms. The summed E-state index contributed by atoms with van der Waals surface area (Å²) in [4.78, 5) is 28.6. The van der Waals surface area contributed by atoms with Crippen molar-refractivity contribution in [3.8, 4) is 0 Å². The number of non-ortho nitro benzene ring substituents is 1. The molecule has 0 atom stereocenters. The Morgan fingerprint density at radius 1 is 1.31 bits per heavy atom. The number of piperidine rings is 1. The summed E-state index contributed by atoms with van der Waals surface area (Å²) < 4.78 is 5.22. The highest BCUT2D eigenvalue weighted by atomic mass is 16.6. The van der Waals surface area contributed by atoms with E-state index in [0.29, 0.717) is 18.6 Å². The number of ether oxygens (including phenoxy) is 1. The fourth-order valence-corrected chi connectivity index (χ4v) is 3.00. The molecule has 1 amide bonds. The Morgan fingerprint density at radius 2 is 2.04 bits per heavy atom. The summed E-state index contributed by atoms with van der Waals surface area (Å²) in [5, 5.41) is 15.0. The third-order valence-electron chi connectivity index (χ3n) is 4.33. The van der Waals surface area contributed by atoms with Crippen molar-refractivity contribution in [1.82, 2.24) is 9.88 Å². The smallest absolute Gasteiger partial charge is 0.410 e. The number of hydrogen-bond donors (Lipinski definition) is 1. The van der Waals surface area contributed by atoms with Gasteiger partial charge >= 0.3 is 6.09 Å². The molecule has 1 aliphatic rings. The van der Waals surface area contributed by atoms with Crippen LogP contribution in [0.2, 0.25) is 0 Å². The van der Waals surface area contributed by atoms with Gasteiger partial charge in [-0.2, -0.15) is 0 Å². The number of hydrogen-bond acceptors (Lipinski definition) is 6. The third-order valence-corrected chi connectivity index (χ3v) is 4.33. The number of pyridine rings is 1. The van der Waals surface area contributed by atoms with Crippen LogP contribution in [0.5, 0.6) is 0 Å². The maximum absolute atomic E-state index is 11.9. The highest BCUT2D eigenvalue weighted by Crippen LogP contribution is 2.22. The Kier molecular flexibility index (Phi) is 5.20. The van der Waals surface area contributed by atoms with Gasteiger partial charge in [0.25, 0.3) is 5.69 Å². The number of nitro groups is 1. The molecule has 26 heavy (non-hydrogen) atoms. The van der Waals surface area contributed by atoms with Gasteiger partial charge in [0.15, 0.2) is 0 Å². The molecule has 0 unspecified atom stereocenters. The average molecular weight is 358 g/mol. The molecule has 1 saturated heterocycles. The monoisotopic (exact) mass is 358 g/mol. The summed E-state index contributed by atoms with van der Waals surface area (Å²) in [6, 6.07) is 8.51. The first-order valence-electron chi connectivity index (χ1n) is 8.69. The van der Waals surface area contributed by atoms with Crippen LogP contribution in [0.1, 0.15) is 26.7 Å². The molecule has 1 aromatic heterocycles. The van der Waals surface area contributed by atoms with Gasteiger partial charge in [0, 0.05) is 36.7 Å². The Balaban J connectivity index is 1.60. The van der Waals surface area contributed by atoms with Gasteiger partial charge < -0.3 is 15.0 Å². The van der Waals surface area contributed by atoms with Crippen molar-refractivity contribution in [2.75, 3.05) is 18.4 Å². The van der Waals surface area contributed by atoms with Gasteiger partial charge in [0.2, 0.25) is 0 Å². The second-order valence-corrected chi connectivity index (χ2v) is 6.67. The van der Waals surface area contributed by atoms with Crippen LogP contribution in [0.4, 0.5) is 16.3 Å². The molecule has 2 aromatic rings. The SMILES string of the molecule is CC(C)OC(=O)N1CCC(Nc2ccc3cc([N+](=O)[O-])ccc3n2)CC1. The molecule has 0 aliphatic carbocycles. The minimum Gasteiger partial charge on any atom is -0.447 e. The Labute approximate surface area is 151 Å². The number of fused-ring (bicyclic) bond motifs is 1. The molecule has 1 fully saturated rings. The standard InChI is InChI=1S/C18H22N4O4/c1-12(2)26-18(23)21-9-7-14(8-10-21)19-17-6-3-13-11-15(22(24)25)4-5-16(13)20-17/h3-6,11-12,14H,7-10H2,1-2H3,(H,19,20). The van der Waals surface area contributed by atoms with Crippen LogP contribution in [0.3, 0.4) is 0 Å². The molecule has 0 bridgehead atoms. The summed E-state index contributed by atoms with van der Waals surface area (Å²) >= 11 is 0. The summed E-state index contributed by atoms with van der Waals surface area (Å²) in [6.07, 6.45) is 1.25. The van der Waals surface area contributed by atoms with E-state index in [-0.39, 0.29) is 23.9 Å². The van der Waals surface area contributed by atoms with Gasteiger partial charge in [-0.15, -0.1) is 0 Å². The number of rotatable bonds is 4. The van der Waals surface area contributed by atoms with Crippen molar-refractivity contribution in [2.45, 2.75) is 38.8 Å². The summed E-state index contributed by atoms with van der Waals surface area (Å²) in [5.41, 5.74) is 0.763. The van der Waals surface area contributed by atoms with Gasteiger partial charge in [-0.3, -0.25) is 10.1 Å². The zero-order valence-electron chi connectivity index (χ0n) is 14.8. The Bertz CT molecular complexity index is 816. The first-order chi connectivity index (χ1) is 12.4. The number of carbonyl (C=O) groups is 1. The van der Waals surface area contributed by atoms with Gasteiger partial charge in [-0.05, 0) is 44.9 Å². The zero-order chi connectivity index (χ0) is 18.7. The number of anilines is 1. The van der Waals surface area contributed by atoms with Gasteiger partial charge in [-0.25, -0.2) is 9.78 Å². The molecule has 8 heteroatoms. The molecular weight excluding hydrogens is 336 g/mol. The fraction of sp³-hybridized carbons (Fsp3) is 0.444. The predicted molar refractivity (Wildman–Crippen MR) is 98.2 cm³/mol. The lowest BCUT2D eigenvalue weighted by molar-refractivity contribution is -0.384. The molecule has 2 heterocycles. The van der Waals surface area contributed by atoms with Crippen LogP contribution in [-0.4, -0.2) is 46.1 Å². The number of nitrogens with zero attached hydrogens (tertiary/aromatic N) is 3. The molecule has 1 N–H and O–H groups in total.